The fourth-order valence-corrected chi connectivity index (χ4v) is 2.06. The lowest BCUT2D eigenvalue weighted by molar-refractivity contribution is -0.120. The summed E-state index contributed by atoms with van der Waals surface area (Å²) >= 11 is 0. The largest absolute Gasteiger partial charge is 0.379 e. The number of carbonyl (C=O) groups excluding carboxylic acids is 1. The lowest BCUT2D eigenvalue weighted by atomic mass is 10.1. The number of aromatic nitrogens is 1. The Labute approximate surface area is 119 Å². The molecule has 0 spiro atoms. The van der Waals surface area contributed by atoms with Gasteiger partial charge in [-0.15, -0.1) is 0 Å². The first kappa shape index (κ1) is 14.2. The van der Waals surface area contributed by atoms with Crippen LogP contribution in [0.4, 0.5) is 5.69 Å². The highest BCUT2D eigenvalue weighted by Gasteiger charge is 2.02. The van der Waals surface area contributed by atoms with E-state index in [-0.39, 0.29) is 5.91 Å². The number of likely N-dealkylation sites (N-methyl/N-ethyl adjacent to an activating group) is 1. The predicted molar refractivity (Wildman–Crippen MR) is 81.6 cm³/mol. The first-order valence-corrected chi connectivity index (χ1v) is 6.88. The van der Waals surface area contributed by atoms with Crippen LogP contribution in [0.1, 0.15) is 18.2 Å². The van der Waals surface area contributed by atoms with Crippen LogP contribution in [0.5, 0.6) is 0 Å². The van der Waals surface area contributed by atoms with Crippen molar-refractivity contribution < 1.29 is 4.79 Å². The van der Waals surface area contributed by atoms with E-state index >= 15 is 0 Å². The van der Waals surface area contributed by atoms with Crippen molar-refractivity contribution in [2.75, 3.05) is 11.9 Å². The Bertz CT molecular complexity index is 557. The van der Waals surface area contributed by atoms with E-state index in [0.717, 1.165) is 17.8 Å². The maximum Gasteiger partial charge on any atom is 0.224 e. The van der Waals surface area contributed by atoms with Gasteiger partial charge >= 0.3 is 0 Å². The molecular formula is C16H21N3O. The molecule has 0 aliphatic heterocycles. The highest BCUT2D eigenvalue weighted by atomic mass is 16.1. The van der Waals surface area contributed by atoms with E-state index in [0.29, 0.717) is 13.0 Å². The summed E-state index contributed by atoms with van der Waals surface area (Å²) in [6, 6.07) is 12.1. The number of rotatable bonds is 6. The molecule has 1 aromatic carbocycles. The normalized spacial score (nSPS) is 10.3. The molecule has 2 N–H and O–H groups in total. The van der Waals surface area contributed by atoms with Crippen LogP contribution in [0.2, 0.25) is 0 Å². The fourth-order valence-electron chi connectivity index (χ4n) is 2.06. The first-order chi connectivity index (χ1) is 9.69. The average molecular weight is 271 g/mol. The summed E-state index contributed by atoms with van der Waals surface area (Å²) in [4.78, 5) is 11.5. The highest BCUT2D eigenvalue weighted by Crippen LogP contribution is 2.12. The van der Waals surface area contributed by atoms with Crippen LogP contribution in [0, 0.1) is 0 Å². The maximum absolute atomic E-state index is 11.5. The molecule has 2 aromatic rings. The summed E-state index contributed by atoms with van der Waals surface area (Å²) in [5.74, 6) is 0.0667. The molecule has 4 heteroatoms. The van der Waals surface area contributed by atoms with Crippen LogP contribution in [0.25, 0.3) is 0 Å². The first-order valence-electron chi connectivity index (χ1n) is 6.88. The lowest BCUT2D eigenvalue weighted by Gasteiger charge is -2.08. The number of aryl methyl sites for hydroxylation is 1. The molecule has 4 nitrogen and oxygen atoms in total. The van der Waals surface area contributed by atoms with Gasteiger partial charge in [-0.05, 0) is 36.8 Å². The van der Waals surface area contributed by atoms with Gasteiger partial charge in [0.2, 0.25) is 5.91 Å². The summed E-state index contributed by atoms with van der Waals surface area (Å²) in [5, 5.41) is 6.17. The Morgan fingerprint density at radius 2 is 1.95 bits per heavy atom. The second-order valence-corrected chi connectivity index (χ2v) is 4.79. The molecule has 0 saturated carbocycles. The predicted octanol–water partition coefficient (Wildman–Crippen LogP) is 2.32. The standard InChI is InChI=1S/C16H21N3O/c1-3-17-16(20)11-13-6-8-14(9-7-13)18-12-15-5-4-10-19(15)2/h4-10,18H,3,11-12H2,1-2H3,(H,17,20). The minimum atomic E-state index is 0.0667. The molecule has 20 heavy (non-hydrogen) atoms. The summed E-state index contributed by atoms with van der Waals surface area (Å²) in [6.07, 6.45) is 2.47. The van der Waals surface area contributed by atoms with Gasteiger partial charge in [0, 0.05) is 31.2 Å². The zero-order chi connectivity index (χ0) is 14.4. The Morgan fingerprint density at radius 1 is 1.20 bits per heavy atom. The van der Waals surface area contributed by atoms with Gasteiger partial charge in [0.25, 0.3) is 0 Å². The molecule has 1 aromatic heterocycles. The van der Waals surface area contributed by atoms with E-state index in [1.54, 1.807) is 0 Å². The number of anilines is 1. The number of amides is 1. The summed E-state index contributed by atoms with van der Waals surface area (Å²) in [5.41, 5.74) is 3.32. The van der Waals surface area contributed by atoms with Gasteiger partial charge in [0.05, 0.1) is 13.0 Å². The molecule has 0 radical (unpaired) electrons. The van der Waals surface area contributed by atoms with Crippen molar-refractivity contribution in [3.63, 3.8) is 0 Å². The van der Waals surface area contributed by atoms with Crippen LogP contribution in [-0.2, 0) is 24.8 Å². The van der Waals surface area contributed by atoms with Gasteiger partial charge in [-0.25, -0.2) is 0 Å². The van der Waals surface area contributed by atoms with E-state index < -0.39 is 0 Å². The van der Waals surface area contributed by atoms with Gasteiger partial charge in [0.15, 0.2) is 0 Å². The number of nitrogens with zero attached hydrogens (tertiary/aromatic N) is 1. The van der Waals surface area contributed by atoms with Crippen molar-refractivity contribution in [1.29, 1.82) is 0 Å². The van der Waals surface area contributed by atoms with Crippen LogP contribution in [0.3, 0.4) is 0 Å². The second-order valence-electron chi connectivity index (χ2n) is 4.79. The molecule has 1 amide bonds. The lowest BCUT2D eigenvalue weighted by Crippen LogP contribution is -2.24. The molecule has 2 rings (SSSR count). The quantitative estimate of drug-likeness (QED) is 0.847. The zero-order valence-electron chi connectivity index (χ0n) is 12.0. The SMILES string of the molecule is CCNC(=O)Cc1ccc(NCc2cccn2C)cc1. The van der Waals surface area contributed by atoms with Crippen LogP contribution in [-0.4, -0.2) is 17.0 Å². The molecule has 0 saturated heterocycles. The Morgan fingerprint density at radius 3 is 2.55 bits per heavy atom. The van der Waals surface area contributed by atoms with Crippen LogP contribution < -0.4 is 10.6 Å². The van der Waals surface area contributed by atoms with E-state index in [2.05, 4.69) is 21.3 Å². The third-order valence-corrected chi connectivity index (χ3v) is 3.22. The number of hydrogen-bond donors (Lipinski definition) is 2. The summed E-state index contributed by atoms with van der Waals surface area (Å²) in [7, 11) is 2.03. The smallest absolute Gasteiger partial charge is 0.224 e. The van der Waals surface area contributed by atoms with Crippen molar-refractivity contribution in [2.45, 2.75) is 19.9 Å². The Kier molecular flexibility index (Phi) is 4.82. The topological polar surface area (TPSA) is 46.1 Å². The summed E-state index contributed by atoms with van der Waals surface area (Å²) < 4.78 is 2.09. The minimum Gasteiger partial charge on any atom is -0.379 e. The molecule has 0 bridgehead atoms. The van der Waals surface area contributed by atoms with Crippen molar-refractivity contribution >= 4 is 11.6 Å². The summed E-state index contributed by atoms with van der Waals surface area (Å²) in [6.45, 7) is 3.39. The molecule has 0 aliphatic rings. The molecule has 0 aliphatic carbocycles. The van der Waals surface area contributed by atoms with Crippen LogP contribution >= 0.6 is 0 Å². The molecule has 1 heterocycles. The Balaban J connectivity index is 1.88. The number of nitrogens with one attached hydrogen (secondary N) is 2. The molecule has 0 unspecified atom stereocenters. The van der Waals surface area contributed by atoms with Crippen molar-refractivity contribution in [3.8, 4) is 0 Å². The van der Waals surface area contributed by atoms with E-state index in [4.69, 9.17) is 0 Å². The van der Waals surface area contributed by atoms with Gasteiger partial charge in [0.1, 0.15) is 0 Å². The maximum atomic E-state index is 11.5. The number of hydrogen-bond acceptors (Lipinski definition) is 2. The third-order valence-electron chi connectivity index (χ3n) is 3.22. The van der Waals surface area contributed by atoms with Crippen molar-refractivity contribution in [2.24, 2.45) is 7.05 Å². The molecular weight excluding hydrogens is 250 g/mol. The minimum absolute atomic E-state index is 0.0667. The van der Waals surface area contributed by atoms with Crippen LogP contribution in [0.15, 0.2) is 42.6 Å². The Hall–Kier alpha value is -2.23. The second kappa shape index (κ2) is 6.80. The zero-order valence-corrected chi connectivity index (χ0v) is 12.0. The van der Waals surface area contributed by atoms with Crippen molar-refractivity contribution in [1.82, 2.24) is 9.88 Å². The molecule has 0 fully saturated rings. The van der Waals surface area contributed by atoms with Gasteiger partial charge in [-0.3, -0.25) is 4.79 Å². The van der Waals surface area contributed by atoms with Gasteiger partial charge < -0.3 is 15.2 Å². The van der Waals surface area contributed by atoms with Gasteiger partial charge in [-0.2, -0.15) is 0 Å². The average Bonchev–Trinajstić information content (AvgIpc) is 2.84. The molecule has 0 atom stereocenters. The monoisotopic (exact) mass is 271 g/mol. The van der Waals surface area contributed by atoms with E-state index in [1.807, 2.05) is 50.5 Å². The van der Waals surface area contributed by atoms with E-state index in [1.165, 1.54) is 5.69 Å². The van der Waals surface area contributed by atoms with Crippen molar-refractivity contribution in [3.05, 3.63) is 53.9 Å². The highest BCUT2D eigenvalue weighted by molar-refractivity contribution is 5.78. The van der Waals surface area contributed by atoms with E-state index in [9.17, 15) is 4.79 Å². The van der Waals surface area contributed by atoms with Gasteiger partial charge in [-0.1, -0.05) is 12.1 Å². The molecule has 106 valence electrons. The third kappa shape index (κ3) is 3.88. The number of benzene rings is 1. The number of carbonyl (C=O) groups is 1. The fraction of sp³-hybridized carbons (Fsp3) is 0.312.